The van der Waals surface area contributed by atoms with Gasteiger partial charge in [0.05, 0.1) is 18.1 Å². The Morgan fingerprint density at radius 1 is 1.11 bits per heavy atom. The van der Waals surface area contributed by atoms with Gasteiger partial charge < -0.3 is 0 Å². The van der Waals surface area contributed by atoms with Gasteiger partial charge in [-0.3, -0.25) is 9.88 Å². The van der Waals surface area contributed by atoms with Gasteiger partial charge in [-0.15, -0.1) is 0 Å². The molecule has 0 aromatic carbocycles. The Kier molecular flexibility index (Phi) is 3.80. The molecular formula is C14H20ClN3. The van der Waals surface area contributed by atoms with Crippen molar-refractivity contribution < 1.29 is 0 Å². The van der Waals surface area contributed by atoms with Crippen LogP contribution in [0.1, 0.15) is 44.2 Å². The zero-order chi connectivity index (χ0) is 12.4. The van der Waals surface area contributed by atoms with Crippen LogP contribution in [0.2, 0.25) is 5.15 Å². The van der Waals surface area contributed by atoms with E-state index in [0.29, 0.717) is 5.15 Å². The molecule has 98 valence electrons. The summed E-state index contributed by atoms with van der Waals surface area (Å²) in [7, 11) is 0. The van der Waals surface area contributed by atoms with Crippen LogP contribution in [0, 0.1) is 5.92 Å². The fourth-order valence-electron chi connectivity index (χ4n) is 3.55. The second-order valence-electron chi connectivity index (χ2n) is 5.56. The van der Waals surface area contributed by atoms with Crippen molar-refractivity contribution in [1.29, 1.82) is 0 Å². The highest BCUT2D eigenvalue weighted by molar-refractivity contribution is 6.29. The second kappa shape index (κ2) is 5.54. The van der Waals surface area contributed by atoms with E-state index < -0.39 is 0 Å². The lowest BCUT2D eigenvalue weighted by Crippen LogP contribution is -2.46. The number of hydrogen-bond acceptors (Lipinski definition) is 3. The van der Waals surface area contributed by atoms with Crippen molar-refractivity contribution in [1.82, 2.24) is 14.9 Å². The van der Waals surface area contributed by atoms with Crippen molar-refractivity contribution in [3.8, 4) is 0 Å². The van der Waals surface area contributed by atoms with Crippen molar-refractivity contribution in [2.75, 3.05) is 6.54 Å². The molecule has 1 aliphatic heterocycles. The highest BCUT2D eigenvalue weighted by Crippen LogP contribution is 2.35. The maximum Gasteiger partial charge on any atom is 0.147 e. The molecule has 2 aliphatic rings. The molecule has 0 spiro atoms. The first-order valence-corrected chi connectivity index (χ1v) is 7.41. The molecule has 2 heterocycles. The van der Waals surface area contributed by atoms with E-state index in [1.54, 1.807) is 6.20 Å². The summed E-state index contributed by atoms with van der Waals surface area (Å²) in [5, 5.41) is 0.480. The molecule has 1 aromatic rings. The maximum atomic E-state index is 5.78. The molecule has 2 fully saturated rings. The van der Waals surface area contributed by atoms with Crippen LogP contribution in [-0.2, 0) is 6.54 Å². The van der Waals surface area contributed by atoms with Gasteiger partial charge in [0, 0.05) is 12.6 Å². The summed E-state index contributed by atoms with van der Waals surface area (Å²) in [4.78, 5) is 11.1. The van der Waals surface area contributed by atoms with Gasteiger partial charge in [0.2, 0.25) is 0 Å². The van der Waals surface area contributed by atoms with Gasteiger partial charge in [0.15, 0.2) is 0 Å². The molecule has 0 amide bonds. The Balaban J connectivity index is 1.69. The van der Waals surface area contributed by atoms with Gasteiger partial charge in [-0.1, -0.05) is 24.4 Å². The second-order valence-corrected chi connectivity index (χ2v) is 5.94. The fraction of sp³-hybridized carbons (Fsp3) is 0.714. The van der Waals surface area contributed by atoms with E-state index in [9.17, 15) is 0 Å². The van der Waals surface area contributed by atoms with Crippen molar-refractivity contribution in [2.45, 2.75) is 51.1 Å². The summed E-state index contributed by atoms with van der Waals surface area (Å²) in [6.07, 6.45) is 11.8. The fourth-order valence-corrected chi connectivity index (χ4v) is 3.65. The van der Waals surface area contributed by atoms with Crippen LogP contribution in [0.5, 0.6) is 0 Å². The minimum atomic E-state index is 0.480. The van der Waals surface area contributed by atoms with Crippen molar-refractivity contribution in [3.05, 3.63) is 23.2 Å². The zero-order valence-electron chi connectivity index (χ0n) is 10.7. The largest absolute Gasteiger partial charge is 0.294 e. The van der Waals surface area contributed by atoms with Crippen LogP contribution in [0.3, 0.4) is 0 Å². The molecule has 0 radical (unpaired) electrons. The lowest BCUT2D eigenvalue weighted by Gasteiger charge is -2.44. The van der Waals surface area contributed by atoms with E-state index in [2.05, 4.69) is 14.9 Å². The molecule has 1 saturated heterocycles. The smallest absolute Gasteiger partial charge is 0.147 e. The first kappa shape index (κ1) is 12.4. The van der Waals surface area contributed by atoms with Crippen LogP contribution in [-0.4, -0.2) is 27.5 Å². The molecular weight excluding hydrogens is 246 g/mol. The summed E-state index contributed by atoms with van der Waals surface area (Å²) in [5.41, 5.74) is 1.05. The first-order chi connectivity index (χ1) is 8.83. The lowest BCUT2D eigenvalue weighted by molar-refractivity contribution is 0.0536. The first-order valence-electron chi connectivity index (χ1n) is 7.03. The highest BCUT2D eigenvalue weighted by Gasteiger charge is 2.33. The van der Waals surface area contributed by atoms with E-state index in [1.165, 1.54) is 45.1 Å². The molecule has 3 rings (SSSR count). The van der Waals surface area contributed by atoms with Crippen molar-refractivity contribution >= 4 is 11.6 Å². The molecule has 18 heavy (non-hydrogen) atoms. The molecule has 1 aliphatic carbocycles. The Morgan fingerprint density at radius 3 is 2.78 bits per heavy atom. The van der Waals surface area contributed by atoms with Gasteiger partial charge in [-0.25, -0.2) is 4.98 Å². The van der Waals surface area contributed by atoms with Crippen LogP contribution < -0.4 is 0 Å². The zero-order valence-corrected chi connectivity index (χ0v) is 11.4. The Bertz CT molecular complexity index is 391. The van der Waals surface area contributed by atoms with E-state index in [1.807, 2.05) is 6.20 Å². The minimum absolute atomic E-state index is 0.480. The lowest BCUT2D eigenvalue weighted by atomic mass is 9.78. The summed E-state index contributed by atoms with van der Waals surface area (Å²) in [5.74, 6) is 0.924. The third-order valence-corrected chi connectivity index (χ3v) is 4.59. The molecule has 3 nitrogen and oxygen atoms in total. The quantitative estimate of drug-likeness (QED) is 0.822. The third kappa shape index (κ3) is 2.67. The van der Waals surface area contributed by atoms with Crippen LogP contribution in [0.15, 0.2) is 12.4 Å². The number of rotatable bonds is 2. The van der Waals surface area contributed by atoms with Crippen LogP contribution in [0.25, 0.3) is 0 Å². The van der Waals surface area contributed by atoms with Gasteiger partial charge >= 0.3 is 0 Å². The third-order valence-electron chi connectivity index (χ3n) is 4.40. The standard InChI is InChI=1S/C14H20ClN3/c15-14-9-16-12(8-17-14)10-18-7-3-5-11-4-1-2-6-13(11)18/h8-9,11,13H,1-7,10H2. The molecule has 2 unspecified atom stereocenters. The summed E-state index contributed by atoms with van der Waals surface area (Å²) < 4.78 is 0. The number of halogens is 1. The molecule has 0 bridgehead atoms. The highest BCUT2D eigenvalue weighted by atomic mass is 35.5. The normalized spacial score (nSPS) is 28.9. The molecule has 2 atom stereocenters. The van der Waals surface area contributed by atoms with Crippen molar-refractivity contribution in [3.63, 3.8) is 0 Å². The average Bonchev–Trinajstić information content (AvgIpc) is 2.42. The molecule has 0 N–H and O–H groups in total. The van der Waals surface area contributed by atoms with E-state index >= 15 is 0 Å². The summed E-state index contributed by atoms with van der Waals surface area (Å²) >= 11 is 5.78. The number of fused-ring (bicyclic) bond motifs is 1. The number of aromatic nitrogens is 2. The van der Waals surface area contributed by atoms with E-state index in [4.69, 9.17) is 11.6 Å². The molecule has 4 heteroatoms. The number of piperidine rings is 1. The topological polar surface area (TPSA) is 29.0 Å². The Hall–Kier alpha value is -0.670. The van der Waals surface area contributed by atoms with Crippen LogP contribution >= 0.6 is 11.6 Å². The van der Waals surface area contributed by atoms with Gasteiger partial charge in [-0.05, 0) is 38.1 Å². The number of likely N-dealkylation sites (tertiary alicyclic amines) is 1. The van der Waals surface area contributed by atoms with Gasteiger partial charge in [0.1, 0.15) is 5.15 Å². The maximum absolute atomic E-state index is 5.78. The summed E-state index contributed by atoms with van der Waals surface area (Å²) in [6, 6.07) is 0.782. The minimum Gasteiger partial charge on any atom is -0.294 e. The van der Waals surface area contributed by atoms with Gasteiger partial charge in [0.25, 0.3) is 0 Å². The van der Waals surface area contributed by atoms with E-state index in [-0.39, 0.29) is 0 Å². The monoisotopic (exact) mass is 265 g/mol. The molecule has 1 aromatic heterocycles. The average molecular weight is 266 g/mol. The van der Waals surface area contributed by atoms with E-state index in [0.717, 1.165) is 24.2 Å². The SMILES string of the molecule is Clc1cnc(CN2CCCC3CCCCC32)cn1. The predicted molar refractivity (Wildman–Crippen MR) is 72.4 cm³/mol. The number of nitrogens with zero attached hydrogens (tertiary/aromatic N) is 3. The summed E-state index contributed by atoms with van der Waals surface area (Å²) in [6.45, 7) is 2.15. The van der Waals surface area contributed by atoms with Gasteiger partial charge in [-0.2, -0.15) is 0 Å². The number of hydrogen-bond donors (Lipinski definition) is 0. The Labute approximate surface area is 114 Å². The molecule has 1 saturated carbocycles. The predicted octanol–water partition coefficient (Wildman–Crippen LogP) is 3.28. The van der Waals surface area contributed by atoms with Crippen molar-refractivity contribution in [2.24, 2.45) is 5.92 Å². The van der Waals surface area contributed by atoms with Crippen LogP contribution in [0.4, 0.5) is 0 Å². The Morgan fingerprint density at radius 2 is 1.94 bits per heavy atom.